The van der Waals surface area contributed by atoms with Gasteiger partial charge in [-0.1, -0.05) is 18.2 Å². The average molecular weight is 385 g/mol. The molecule has 0 saturated heterocycles. The monoisotopic (exact) mass is 385 g/mol. The van der Waals surface area contributed by atoms with Crippen LogP contribution in [0.15, 0.2) is 54.6 Å². The summed E-state index contributed by atoms with van der Waals surface area (Å²) in [5, 5.41) is 4.17. The van der Waals surface area contributed by atoms with Crippen molar-refractivity contribution in [2.24, 2.45) is 0 Å². The number of halogens is 3. The smallest absolute Gasteiger partial charge is 0.292 e. The van der Waals surface area contributed by atoms with E-state index < -0.39 is 29.1 Å². The molecule has 5 nitrogen and oxygen atoms in total. The molecule has 2 N–H and O–H groups in total. The molecule has 3 rings (SSSR count). The Morgan fingerprint density at radius 3 is 2.14 bits per heavy atom. The van der Waals surface area contributed by atoms with Gasteiger partial charge in [-0.15, -0.1) is 0 Å². The Morgan fingerprint density at radius 1 is 0.893 bits per heavy atom. The molecule has 8 heteroatoms. The lowest BCUT2D eigenvalue weighted by molar-refractivity contribution is 0.0959. The largest absolute Gasteiger partial charge is 0.327 e. The third kappa shape index (κ3) is 4.17. The molecule has 1 aromatic heterocycles. The summed E-state index contributed by atoms with van der Waals surface area (Å²) in [7, 11) is 0. The highest BCUT2D eigenvalue weighted by Crippen LogP contribution is 2.24. The molecular weight excluding hydrogens is 371 g/mol. The minimum atomic E-state index is -1.22. The Hall–Kier alpha value is -3.68. The van der Waals surface area contributed by atoms with Crippen molar-refractivity contribution in [3.05, 3.63) is 83.3 Å². The van der Waals surface area contributed by atoms with Gasteiger partial charge in [-0.25, -0.2) is 22.9 Å². The molecule has 3 aromatic rings. The summed E-state index contributed by atoms with van der Waals surface area (Å²) in [6.07, 6.45) is 0. The summed E-state index contributed by atoms with van der Waals surface area (Å²) in [4.78, 5) is 28.1. The number of nitrogens with one attached hydrogen (secondary N) is 2. The summed E-state index contributed by atoms with van der Waals surface area (Å²) in [6.45, 7) is 1.70. The van der Waals surface area contributed by atoms with Gasteiger partial charge in [0.15, 0.2) is 0 Å². The van der Waals surface area contributed by atoms with E-state index in [1.165, 1.54) is 18.2 Å². The molecular formula is C20H14F3N3O2. The van der Waals surface area contributed by atoms with Crippen LogP contribution in [-0.2, 0) is 0 Å². The number of hydrogen-bond donors (Lipinski definition) is 2. The highest BCUT2D eigenvalue weighted by Gasteiger charge is 2.19. The van der Waals surface area contributed by atoms with E-state index in [-0.39, 0.29) is 11.6 Å². The molecule has 0 aliphatic rings. The first-order valence-corrected chi connectivity index (χ1v) is 8.15. The van der Waals surface area contributed by atoms with E-state index in [4.69, 9.17) is 0 Å². The van der Waals surface area contributed by atoms with Gasteiger partial charge in [0.25, 0.3) is 5.91 Å². The van der Waals surface area contributed by atoms with Crippen molar-refractivity contribution in [2.75, 3.05) is 5.32 Å². The molecule has 1 heterocycles. The number of carbonyl (C=O) groups is 2. The maximum Gasteiger partial charge on any atom is 0.327 e. The number of aromatic nitrogens is 1. The second-order valence-corrected chi connectivity index (χ2v) is 5.84. The van der Waals surface area contributed by atoms with Crippen LogP contribution in [0.25, 0.3) is 11.1 Å². The van der Waals surface area contributed by atoms with Gasteiger partial charge in [0.1, 0.15) is 28.8 Å². The second kappa shape index (κ2) is 7.91. The minimum Gasteiger partial charge on any atom is -0.292 e. The lowest BCUT2D eigenvalue weighted by atomic mass is 10.0. The van der Waals surface area contributed by atoms with Crippen molar-refractivity contribution >= 4 is 17.8 Å². The number of hydrogen-bond acceptors (Lipinski definition) is 3. The summed E-state index contributed by atoms with van der Waals surface area (Å²) in [5.74, 6) is -3.61. The van der Waals surface area contributed by atoms with Crippen LogP contribution in [0.1, 0.15) is 16.1 Å². The summed E-state index contributed by atoms with van der Waals surface area (Å²) < 4.78 is 40.2. The summed E-state index contributed by atoms with van der Waals surface area (Å²) in [5.41, 5.74) is 1.17. The molecule has 0 radical (unpaired) electrons. The van der Waals surface area contributed by atoms with Gasteiger partial charge in [-0.3, -0.25) is 15.4 Å². The lowest BCUT2D eigenvalue weighted by Gasteiger charge is -2.10. The maximum atomic E-state index is 13.6. The fraction of sp³-hybridized carbons (Fsp3) is 0.0500. The molecule has 0 aliphatic carbocycles. The van der Waals surface area contributed by atoms with Gasteiger partial charge in [0.05, 0.1) is 0 Å². The van der Waals surface area contributed by atoms with Gasteiger partial charge >= 0.3 is 6.03 Å². The van der Waals surface area contributed by atoms with Crippen molar-refractivity contribution in [3.8, 4) is 11.1 Å². The first kappa shape index (κ1) is 19.1. The zero-order valence-electron chi connectivity index (χ0n) is 14.6. The average Bonchev–Trinajstić information content (AvgIpc) is 2.62. The van der Waals surface area contributed by atoms with E-state index in [1.54, 1.807) is 25.1 Å². The molecule has 142 valence electrons. The van der Waals surface area contributed by atoms with Crippen molar-refractivity contribution in [3.63, 3.8) is 0 Å². The molecule has 0 bridgehead atoms. The lowest BCUT2D eigenvalue weighted by Crippen LogP contribution is -2.35. The zero-order valence-corrected chi connectivity index (χ0v) is 14.6. The van der Waals surface area contributed by atoms with Crippen LogP contribution in [0, 0.1) is 24.4 Å². The quantitative estimate of drug-likeness (QED) is 0.700. The molecule has 2 aromatic carbocycles. The molecule has 0 saturated carbocycles. The number of pyridine rings is 1. The standard InChI is InChI=1S/C20H14F3N3O2/c1-11-14(12-5-7-13(21)8-6-12)9-10-17(24-11)25-20(28)26-19(27)18-15(22)3-2-4-16(18)23/h2-10H,1H3,(H2,24,25,26,27,28). The van der Waals surface area contributed by atoms with Crippen LogP contribution in [0.2, 0.25) is 0 Å². The van der Waals surface area contributed by atoms with E-state index in [1.807, 2.05) is 5.32 Å². The van der Waals surface area contributed by atoms with E-state index in [0.717, 1.165) is 29.3 Å². The summed E-state index contributed by atoms with van der Waals surface area (Å²) >= 11 is 0. The van der Waals surface area contributed by atoms with Crippen LogP contribution >= 0.6 is 0 Å². The van der Waals surface area contributed by atoms with Gasteiger partial charge in [-0.2, -0.15) is 0 Å². The second-order valence-electron chi connectivity index (χ2n) is 5.84. The predicted molar refractivity (Wildman–Crippen MR) is 97.2 cm³/mol. The number of nitrogens with zero attached hydrogens (tertiary/aromatic N) is 1. The molecule has 0 unspecified atom stereocenters. The molecule has 3 amide bonds. The first-order valence-electron chi connectivity index (χ1n) is 8.15. The van der Waals surface area contributed by atoms with Crippen LogP contribution in [-0.4, -0.2) is 16.9 Å². The van der Waals surface area contributed by atoms with Crippen LogP contribution in [0.5, 0.6) is 0 Å². The van der Waals surface area contributed by atoms with Crippen LogP contribution < -0.4 is 10.6 Å². The molecule has 0 atom stereocenters. The Labute approximate surface area is 158 Å². The third-order valence-electron chi connectivity index (χ3n) is 3.90. The van der Waals surface area contributed by atoms with Crippen LogP contribution in [0.4, 0.5) is 23.8 Å². The van der Waals surface area contributed by atoms with E-state index in [9.17, 15) is 22.8 Å². The van der Waals surface area contributed by atoms with Crippen LogP contribution in [0.3, 0.4) is 0 Å². The SMILES string of the molecule is Cc1nc(NC(=O)NC(=O)c2c(F)cccc2F)ccc1-c1ccc(F)cc1. The van der Waals surface area contributed by atoms with Crippen molar-refractivity contribution in [2.45, 2.75) is 6.92 Å². The number of rotatable bonds is 3. The zero-order chi connectivity index (χ0) is 20.3. The third-order valence-corrected chi connectivity index (χ3v) is 3.90. The van der Waals surface area contributed by atoms with Gasteiger partial charge in [-0.05, 0) is 48.9 Å². The van der Waals surface area contributed by atoms with Crippen molar-refractivity contribution < 1.29 is 22.8 Å². The number of aryl methyl sites for hydroxylation is 1. The Bertz CT molecular complexity index is 1030. The number of amides is 3. The van der Waals surface area contributed by atoms with E-state index >= 15 is 0 Å². The number of benzene rings is 2. The number of urea groups is 1. The topological polar surface area (TPSA) is 71.1 Å². The Morgan fingerprint density at radius 2 is 1.54 bits per heavy atom. The van der Waals surface area contributed by atoms with E-state index in [0.29, 0.717) is 5.69 Å². The number of carbonyl (C=O) groups excluding carboxylic acids is 2. The molecule has 0 spiro atoms. The highest BCUT2D eigenvalue weighted by molar-refractivity contribution is 6.08. The molecule has 0 fully saturated rings. The molecule has 0 aliphatic heterocycles. The minimum absolute atomic E-state index is 0.127. The highest BCUT2D eigenvalue weighted by atomic mass is 19.1. The van der Waals surface area contributed by atoms with Crippen molar-refractivity contribution in [1.29, 1.82) is 0 Å². The molecule has 28 heavy (non-hydrogen) atoms. The fourth-order valence-electron chi connectivity index (χ4n) is 2.59. The number of imide groups is 1. The normalized spacial score (nSPS) is 10.4. The summed E-state index contributed by atoms with van der Waals surface area (Å²) in [6, 6.07) is 10.9. The van der Waals surface area contributed by atoms with Gasteiger partial charge in [0.2, 0.25) is 0 Å². The van der Waals surface area contributed by atoms with Crippen molar-refractivity contribution in [1.82, 2.24) is 10.3 Å². The van der Waals surface area contributed by atoms with E-state index in [2.05, 4.69) is 10.3 Å². The number of anilines is 1. The van der Waals surface area contributed by atoms with Gasteiger partial charge < -0.3 is 0 Å². The van der Waals surface area contributed by atoms with Gasteiger partial charge in [0, 0.05) is 11.3 Å². The Kier molecular flexibility index (Phi) is 5.39. The first-order chi connectivity index (χ1) is 13.3. The maximum absolute atomic E-state index is 13.6. The fourth-order valence-corrected chi connectivity index (χ4v) is 2.59. The predicted octanol–water partition coefficient (Wildman–Crippen LogP) is 4.44. The Balaban J connectivity index is 1.71.